The predicted molar refractivity (Wildman–Crippen MR) is 104 cm³/mol. The Morgan fingerprint density at radius 1 is 1.21 bits per heavy atom. The average Bonchev–Trinajstić information content (AvgIpc) is 2.74. The summed E-state index contributed by atoms with van der Waals surface area (Å²) < 4.78 is 16.5. The van der Waals surface area contributed by atoms with Crippen LogP contribution in [-0.2, 0) is 11.3 Å². The van der Waals surface area contributed by atoms with Crippen molar-refractivity contribution in [3.05, 3.63) is 47.7 Å². The molecule has 0 saturated carbocycles. The summed E-state index contributed by atoms with van der Waals surface area (Å²) in [6.07, 6.45) is 3.46. The van der Waals surface area contributed by atoms with Gasteiger partial charge in [-0.05, 0) is 31.0 Å². The molecule has 0 spiro atoms. The molecule has 0 radical (unpaired) electrons. The summed E-state index contributed by atoms with van der Waals surface area (Å²) in [4.78, 5) is 16.3. The van der Waals surface area contributed by atoms with E-state index in [2.05, 4.69) is 16.4 Å². The summed E-state index contributed by atoms with van der Waals surface area (Å²) in [6.45, 7) is 3.36. The molecular weight excluding hydrogens is 358 g/mol. The number of methoxy groups -OCH3 is 1. The molecule has 2 aromatic rings. The first-order valence-corrected chi connectivity index (χ1v) is 9.22. The van der Waals surface area contributed by atoms with Crippen molar-refractivity contribution in [3.8, 4) is 23.4 Å². The molecule has 148 valence electrons. The monoisotopic (exact) mass is 383 g/mol. The Labute approximate surface area is 165 Å². The topological polar surface area (TPSA) is 93.5 Å². The molecule has 2 rings (SSSR count). The van der Waals surface area contributed by atoms with E-state index in [0.717, 1.165) is 12.0 Å². The van der Waals surface area contributed by atoms with E-state index in [9.17, 15) is 4.79 Å². The molecule has 7 heteroatoms. The van der Waals surface area contributed by atoms with Crippen molar-refractivity contribution in [2.45, 2.75) is 32.7 Å². The fraction of sp³-hybridized carbons (Fsp3) is 0.381. The first kappa shape index (κ1) is 21.0. The zero-order valence-electron chi connectivity index (χ0n) is 16.2. The molecule has 7 nitrogen and oxygen atoms in total. The van der Waals surface area contributed by atoms with Crippen molar-refractivity contribution >= 4 is 5.91 Å². The summed E-state index contributed by atoms with van der Waals surface area (Å²) in [6, 6.07) is 10.7. The minimum Gasteiger partial charge on any atom is -0.493 e. The molecule has 0 bridgehead atoms. The average molecular weight is 383 g/mol. The Bertz CT molecular complexity index is 818. The van der Waals surface area contributed by atoms with Gasteiger partial charge >= 0.3 is 0 Å². The molecule has 0 unspecified atom stereocenters. The molecule has 1 N–H and O–H groups in total. The Morgan fingerprint density at radius 2 is 2.07 bits per heavy atom. The number of benzene rings is 1. The number of ether oxygens (including phenoxy) is 3. The smallest absolute Gasteiger partial charge is 0.220 e. The van der Waals surface area contributed by atoms with Crippen LogP contribution in [-0.4, -0.2) is 31.2 Å². The number of amides is 1. The van der Waals surface area contributed by atoms with Gasteiger partial charge < -0.3 is 19.5 Å². The van der Waals surface area contributed by atoms with Crippen LogP contribution in [0.4, 0.5) is 0 Å². The van der Waals surface area contributed by atoms with Gasteiger partial charge in [-0.2, -0.15) is 5.26 Å². The number of nitriles is 1. The van der Waals surface area contributed by atoms with Gasteiger partial charge in [-0.25, -0.2) is 4.98 Å². The van der Waals surface area contributed by atoms with Crippen molar-refractivity contribution in [1.29, 1.82) is 5.26 Å². The van der Waals surface area contributed by atoms with Gasteiger partial charge in [0, 0.05) is 30.8 Å². The lowest BCUT2D eigenvalue weighted by Gasteiger charge is -2.12. The van der Waals surface area contributed by atoms with Crippen molar-refractivity contribution < 1.29 is 19.0 Å². The number of nitrogens with one attached hydrogen (secondary N) is 1. The van der Waals surface area contributed by atoms with E-state index in [4.69, 9.17) is 19.5 Å². The summed E-state index contributed by atoms with van der Waals surface area (Å²) in [5, 5.41) is 11.8. The minimum atomic E-state index is -0.0688. The molecular formula is C21H25N3O4. The molecule has 0 aliphatic rings. The highest BCUT2D eigenvalue weighted by Crippen LogP contribution is 2.27. The van der Waals surface area contributed by atoms with Crippen LogP contribution in [0.1, 0.15) is 37.3 Å². The van der Waals surface area contributed by atoms with Crippen molar-refractivity contribution in [3.63, 3.8) is 0 Å². The van der Waals surface area contributed by atoms with Crippen LogP contribution in [0.3, 0.4) is 0 Å². The molecule has 0 aliphatic carbocycles. The summed E-state index contributed by atoms with van der Waals surface area (Å²) in [5.41, 5.74) is 1.35. The summed E-state index contributed by atoms with van der Waals surface area (Å²) in [7, 11) is 1.52. The summed E-state index contributed by atoms with van der Waals surface area (Å²) in [5.74, 6) is 1.54. The molecule has 0 fully saturated rings. The molecule has 1 heterocycles. The Kier molecular flexibility index (Phi) is 8.60. The van der Waals surface area contributed by atoms with E-state index in [1.54, 1.807) is 24.4 Å². The molecule has 1 aromatic carbocycles. The van der Waals surface area contributed by atoms with Crippen LogP contribution in [0.15, 0.2) is 36.5 Å². The highest BCUT2D eigenvalue weighted by molar-refractivity contribution is 5.75. The van der Waals surface area contributed by atoms with E-state index in [0.29, 0.717) is 55.5 Å². The fourth-order valence-electron chi connectivity index (χ4n) is 2.44. The maximum Gasteiger partial charge on any atom is 0.220 e. The lowest BCUT2D eigenvalue weighted by molar-refractivity contribution is -0.121. The molecule has 0 aliphatic heterocycles. The van der Waals surface area contributed by atoms with Gasteiger partial charge in [-0.3, -0.25) is 4.79 Å². The number of aromatic nitrogens is 1. The van der Waals surface area contributed by atoms with Crippen LogP contribution < -0.4 is 19.5 Å². The number of rotatable bonds is 11. The number of carbonyl (C=O) groups is 1. The third-order valence-corrected chi connectivity index (χ3v) is 3.87. The van der Waals surface area contributed by atoms with Crippen LogP contribution in [0.2, 0.25) is 0 Å². The van der Waals surface area contributed by atoms with Crippen LogP contribution in [0, 0.1) is 11.3 Å². The number of pyridine rings is 1. The fourth-order valence-corrected chi connectivity index (χ4v) is 2.44. The van der Waals surface area contributed by atoms with Gasteiger partial charge in [0.1, 0.15) is 0 Å². The normalized spacial score (nSPS) is 10.0. The van der Waals surface area contributed by atoms with Gasteiger partial charge in [0.2, 0.25) is 11.8 Å². The second kappa shape index (κ2) is 11.4. The van der Waals surface area contributed by atoms with Gasteiger partial charge in [0.05, 0.1) is 32.0 Å². The molecule has 0 atom stereocenters. The van der Waals surface area contributed by atoms with E-state index in [1.165, 1.54) is 7.11 Å². The molecule has 1 amide bonds. The van der Waals surface area contributed by atoms with Crippen LogP contribution in [0.25, 0.3) is 0 Å². The predicted octanol–water partition coefficient (Wildman–Crippen LogP) is 3.23. The second-order valence-corrected chi connectivity index (χ2v) is 6.02. The highest BCUT2D eigenvalue weighted by Gasteiger charge is 2.09. The Morgan fingerprint density at radius 3 is 2.82 bits per heavy atom. The number of hydrogen-bond donors (Lipinski definition) is 1. The van der Waals surface area contributed by atoms with E-state index in [-0.39, 0.29) is 5.91 Å². The largest absolute Gasteiger partial charge is 0.493 e. The van der Waals surface area contributed by atoms with E-state index < -0.39 is 0 Å². The third kappa shape index (κ3) is 6.47. The van der Waals surface area contributed by atoms with Crippen LogP contribution >= 0.6 is 0 Å². The Hall–Kier alpha value is -3.27. The van der Waals surface area contributed by atoms with Crippen LogP contribution in [0.5, 0.6) is 17.4 Å². The minimum absolute atomic E-state index is 0.0688. The SMILES string of the molecule is CCCOc1ncccc1CNC(=O)CCCOc1ccc(C#N)cc1OC. The lowest BCUT2D eigenvalue weighted by atomic mass is 10.2. The molecule has 0 saturated heterocycles. The van der Waals surface area contributed by atoms with Gasteiger partial charge in [0.15, 0.2) is 11.5 Å². The molecule has 1 aromatic heterocycles. The van der Waals surface area contributed by atoms with Gasteiger partial charge in [-0.1, -0.05) is 13.0 Å². The number of nitrogens with zero attached hydrogens (tertiary/aromatic N) is 2. The maximum atomic E-state index is 12.1. The second-order valence-electron chi connectivity index (χ2n) is 6.02. The standard InChI is InChI=1S/C21H25N3O4/c1-3-11-28-21-17(6-4-10-23-21)15-24-20(25)7-5-12-27-18-9-8-16(14-22)13-19(18)26-2/h4,6,8-10,13H,3,5,7,11-12,15H2,1-2H3,(H,24,25). The molecule has 28 heavy (non-hydrogen) atoms. The zero-order valence-corrected chi connectivity index (χ0v) is 16.2. The maximum absolute atomic E-state index is 12.1. The first-order chi connectivity index (χ1) is 13.7. The lowest BCUT2D eigenvalue weighted by Crippen LogP contribution is -2.23. The van der Waals surface area contributed by atoms with E-state index >= 15 is 0 Å². The first-order valence-electron chi connectivity index (χ1n) is 9.22. The van der Waals surface area contributed by atoms with Gasteiger partial charge in [-0.15, -0.1) is 0 Å². The number of carbonyl (C=O) groups excluding carboxylic acids is 1. The third-order valence-electron chi connectivity index (χ3n) is 3.87. The van der Waals surface area contributed by atoms with Crippen molar-refractivity contribution in [1.82, 2.24) is 10.3 Å². The Balaban J connectivity index is 1.75. The van der Waals surface area contributed by atoms with Crippen molar-refractivity contribution in [2.75, 3.05) is 20.3 Å². The van der Waals surface area contributed by atoms with Crippen molar-refractivity contribution in [2.24, 2.45) is 0 Å². The summed E-state index contributed by atoms with van der Waals surface area (Å²) >= 11 is 0. The highest BCUT2D eigenvalue weighted by atomic mass is 16.5. The van der Waals surface area contributed by atoms with E-state index in [1.807, 2.05) is 19.1 Å². The quantitative estimate of drug-likeness (QED) is 0.599. The number of hydrogen-bond acceptors (Lipinski definition) is 6. The van der Waals surface area contributed by atoms with Gasteiger partial charge in [0.25, 0.3) is 0 Å². The zero-order chi connectivity index (χ0) is 20.2.